The molecule has 2 aromatic rings. The first-order chi connectivity index (χ1) is 12.9. The lowest BCUT2D eigenvalue weighted by molar-refractivity contribution is -0.122. The Balaban J connectivity index is 1.78. The van der Waals surface area contributed by atoms with Crippen LogP contribution in [0.4, 0.5) is 11.4 Å². The van der Waals surface area contributed by atoms with Crippen molar-refractivity contribution in [3.63, 3.8) is 0 Å². The van der Waals surface area contributed by atoms with Gasteiger partial charge in [-0.3, -0.25) is 9.59 Å². The number of rotatable bonds is 3. The fourth-order valence-electron chi connectivity index (χ4n) is 3.06. The van der Waals surface area contributed by atoms with E-state index in [0.29, 0.717) is 11.4 Å². The topological polar surface area (TPSA) is 95.9 Å². The van der Waals surface area contributed by atoms with Crippen molar-refractivity contribution in [1.29, 1.82) is 0 Å². The van der Waals surface area contributed by atoms with E-state index in [-0.39, 0.29) is 23.6 Å². The standard InChI is InChI=1S/C20H20N2O5/c1-12-7-8-17(23)14(9-12)20(26)27-11-19(25)22-13(2)10-18(24)21-15-5-3-4-6-16(15)22/h3-9,13,23H,10-11H2,1-2H3,(H,21,24)/t13-/m1/s1. The molecule has 3 rings (SSSR count). The molecule has 0 saturated heterocycles. The molecule has 0 unspecified atom stereocenters. The molecule has 0 spiro atoms. The van der Waals surface area contributed by atoms with E-state index in [4.69, 9.17) is 4.74 Å². The summed E-state index contributed by atoms with van der Waals surface area (Å²) in [5, 5.41) is 12.6. The molecule has 0 aliphatic carbocycles. The zero-order valence-electron chi connectivity index (χ0n) is 15.1. The zero-order chi connectivity index (χ0) is 19.6. The number of fused-ring (bicyclic) bond motifs is 1. The van der Waals surface area contributed by atoms with Crippen LogP contribution in [0.1, 0.15) is 29.3 Å². The van der Waals surface area contributed by atoms with Gasteiger partial charge < -0.3 is 20.1 Å². The third kappa shape index (κ3) is 3.92. The highest BCUT2D eigenvalue weighted by Gasteiger charge is 2.30. The van der Waals surface area contributed by atoms with Crippen molar-refractivity contribution in [2.45, 2.75) is 26.3 Å². The Bertz CT molecular complexity index is 909. The molecule has 0 bridgehead atoms. The van der Waals surface area contributed by atoms with Gasteiger partial charge in [0.05, 0.1) is 11.4 Å². The fourth-order valence-corrected chi connectivity index (χ4v) is 3.06. The number of benzene rings is 2. The first kappa shape index (κ1) is 18.4. The molecule has 1 aliphatic heterocycles. The van der Waals surface area contributed by atoms with E-state index in [9.17, 15) is 19.5 Å². The van der Waals surface area contributed by atoms with Gasteiger partial charge in [0, 0.05) is 12.5 Å². The minimum Gasteiger partial charge on any atom is -0.507 e. The van der Waals surface area contributed by atoms with Crippen LogP contribution < -0.4 is 10.2 Å². The number of carbonyl (C=O) groups excluding carboxylic acids is 3. The molecule has 7 nitrogen and oxygen atoms in total. The number of phenols is 1. The molecule has 2 N–H and O–H groups in total. The van der Waals surface area contributed by atoms with Gasteiger partial charge in [-0.2, -0.15) is 0 Å². The highest BCUT2D eigenvalue weighted by Crippen LogP contribution is 2.31. The Hall–Kier alpha value is -3.35. The maximum Gasteiger partial charge on any atom is 0.342 e. The summed E-state index contributed by atoms with van der Waals surface area (Å²) in [4.78, 5) is 38.4. The summed E-state index contributed by atoms with van der Waals surface area (Å²) in [6.45, 7) is 3.04. The second-order valence-corrected chi connectivity index (χ2v) is 6.48. The number of nitrogens with zero attached hydrogens (tertiary/aromatic N) is 1. The van der Waals surface area contributed by atoms with E-state index in [1.54, 1.807) is 44.2 Å². The quantitative estimate of drug-likeness (QED) is 0.812. The van der Waals surface area contributed by atoms with Crippen molar-refractivity contribution in [1.82, 2.24) is 0 Å². The summed E-state index contributed by atoms with van der Waals surface area (Å²) in [5.74, 6) is -1.63. The van der Waals surface area contributed by atoms with Crippen LogP contribution in [0, 0.1) is 6.92 Å². The number of ether oxygens (including phenoxy) is 1. The minimum absolute atomic E-state index is 0.00367. The van der Waals surface area contributed by atoms with Crippen LogP contribution in [-0.2, 0) is 14.3 Å². The summed E-state index contributed by atoms with van der Waals surface area (Å²) in [5.41, 5.74) is 1.87. The first-order valence-electron chi connectivity index (χ1n) is 8.54. The molecule has 7 heteroatoms. The van der Waals surface area contributed by atoms with Crippen molar-refractivity contribution in [3.8, 4) is 5.75 Å². The summed E-state index contributed by atoms with van der Waals surface area (Å²) < 4.78 is 5.11. The summed E-state index contributed by atoms with van der Waals surface area (Å²) in [6, 6.07) is 11.1. The van der Waals surface area contributed by atoms with Crippen molar-refractivity contribution in [2.24, 2.45) is 0 Å². The smallest absolute Gasteiger partial charge is 0.342 e. The van der Waals surface area contributed by atoms with Crippen LogP contribution in [0.2, 0.25) is 0 Å². The lowest BCUT2D eigenvalue weighted by Crippen LogP contribution is -2.41. The number of hydrogen-bond acceptors (Lipinski definition) is 5. The van der Waals surface area contributed by atoms with Crippen molar-refractivity contribution in [3.05, 3.63) is 53.6 Å². The third-order valence-corrected chi connectivity index (χ3v) is 4.33. The Labute approximate surface area is 156 Å². The maximum absolute atomic E-state index is 12.8. The Morgan fingerprint density at radius 3 is 2.78 bits per heavy atom. The molecule has 2 amide bonds. The number of phenolic OH excluding ortho intramolecular Hbond substituents is 1. The summed E-state index contributed by atoms with van der Waals surface area (Å²) >= 11 is 0. The molecule has 1 atom stereocenters. The van der Waals surface area contributed by atoms with Gasteiger partial charge in [-0.15, -0.1) is 0 Å². The van der Waals surface area contributed by atoms with Gasteiger partial charge in [0.25, 0.3) is 5.91 Å². The van der Waals surface area contributed by atoms with E-state index < -0.39 is 24.5 Å². The van der Waals surface area contributed by atoms with Gasteiger partial charge in [0.15, 0.2) is 6.61 Å². The van der Waals surface area contributed by atoms with Crippen molar-refractivity contribution in [2.75, 3.05) is 16.8 Å². The van der Waals surface area contributed by atoms with Crippen LogP contribution in [0.3, 0.4) is 0 Å². The lowest BCUT2D eigenvalue weighted by atomic mass is 10.1. The second-order valence-electron chi connectivity index (χ2n) is 6.48. The maximum atomic E-state index is 12.8. The van der Waals surface area contributed by atoms with E-state index in [1.165, 1.54) is 17.0 Å². The van der Waals surface area contributed by atoms with E-state index in [1.807, 2.05) is 0 Å². The molecule has 140 valence electrons. The molecule has 0 radical (unpaired) electrons. The van der Waals surface area contributed by atoms with Crippen LogP contribution in [0.25, 0.3) is 0 Å². The molecule has 1 aliphatic rings. The number of aryl methyl sites for hydroxylation is 1. The van der Waals surface area contributed by atoms with Crippen LogP contribution in [-0.4, -0.2) is 35.5 Å². The molecular formula is C20H20N2O5. The summed E-state index contributed by atoms with van der Waals surface area (Å²) in [6.07, 6.45) is 0.132. The lowest BCUT2D eigenvalue weighted by Gasteiger charge is -2.27. The van der Waals surface area contributed by atoms with E-state index in [0.717, 1.165) is 5.56 Å². The molecule has 27 heavy (non-hydrogen) atoms. The van der Waals surface area contributed by atoms with Crippen LogP contribution in [0.5, 0.6) is 5.75 Å². The normalized spacial score (nSPS) is 16.1. The number of carbonyl (C=O) groups is 3. The van der Waals surface area contributed by atoms with Gasteiger partial charge in [-0.1, -0.05) is 23.8 Å². The van der Waals surface area contributed by atoms with E-state index >= 15 is 0 Å². The minimum atomic E-state index is -0.783. The Morgan fingerprint density at radius 1 is 1.26 bits per heavy atom. The van der Waals surface area contributed by atoms with Gasteiger partial charge in [0.2, 0.25) is 5.91 Å². The largest absolute Gasteiger partial charge is 0.507 e. The third-order valence-electron chi connectivity index (χ3n) is 4.33. The second kappa shape index (κ2) is 7.49. The number of hydrogen-bond donors (Lipinski definition) is 2. The Morgan fingerprint density at radius 2 is 2.00 bits per heavy atom. The van der Waals surface area contributed by atoms with Gasteiger partial charge in [-0.25, -0.2) is 4.79 Å². The Kier molecular flexibility index (Phi) is 5.12. The number of aromatic hydroxyl groups is 1. The van der Waals surface area contributed by atoms with Gasteiger partial charge in [-0.05, 0) is 38.1 Å². The molecular weight excluding hydrogens is 348 g/mol. The van der Waals surface area contributed by atoms with Crippen molar-refractivity contribution >= 4 is 29.2 Å². The highest BCUT2D eigenvalue weighted by molar-refractivity contribution is 6.05. The van der Waals surface area contributed by atoms with E-state index in [2.05, 4.69) is 5.32 Å². The zero-order valence-corrected chi connectivity index (χ0v) is 15.1. The number of nitrogens with one attached hydrogen (secondary N) is 1. The fraction of sp³-hybridized carbons (Fsp3) is 0.250. The predicted octanol–water partition coefficient (Wildman–Crippen LogP) is 2.62. The average molecular weight is 368 g/mol. The average Bonchev–Trinajstić information content (AvgIpc) is 2.75. The monoisotopic (exact) mass is 368 g/mol. The molecule has 2 aromatic carbocycles. The van der Waals surface area contributed by atoms with Gasteiger partial charge in [0.1, 0.15) is 11.3 Å². The molecule has 0 fully saturated rings. The predicted molar refractivity (Wildman–Crippen MR) is 99.8 cm³/mol. The molecule has 0 saturated carbocycles. The molecule has 0 aromatic heterocycles. The first-order valence-corrected chi connectivity index (χ1v) is 8.54. The van der Waals surface area contributed by atoms with Gasteiger partial charge >= 0.3 is 5.97 Å². The van der Waals surface area contributed by atoms with Crippen molar-refractivity contribution < 1.29 is 24.2 Å². The number of esters is 1. The van der Waals surface area contributed by atoms with Crippen LogP contribution in [0.15, 0.2) is 42.5 Å². The SMILES string of the molecule is Cc1ccc(O)c(C(=O)OCC(=O)N2c3ccccc3NC(=O)C[C@H]2C)c1. The van der Waals surface area contributed by atoms with Crippen LogP contribution >= 0.6 is 0 Å². The summed E-state index contributed by atoms with van der Waals surface area (Å²) in [7, 11) is 0. The number of amides is 2. The highest BCUT2D eigenvalue weighted by atomic mass is 16.5. The molecule has 1 heterocycles. The number of anilines is 2. The number of para-hydroxylation sites is 2.